The Labute approximate surface area is 214 Å². The molecule has 5 rings (SSSR count). The number of rotatable bonds is 4. The third-order valence-electron chi connectivity index (χ3n) is 6.74. The fourth-order valence-electron chi connectivity index (χ4n) is 4.94. The number of carbonyl (C=O) groups is 2. The summed E-state index contributed by atoms with van der Waals surface area (Å²) in [4.78, 5) is 27.1. The van der Waals surface area contributed by atoms with Crippen LogP contribution in [0.5, 0.6) is 0 Å². The van der Waals surface area contributed by atoms with Gasteiger partial charge in [0.2, 0.25) is 0 Å². The van der Waals surface area contributed by atoms with Crippen LogP contribution in [0.3, 0.4) is 0 Å². The largest absolute Gasteiger partial charge is 0.365 e. The SMILES string of the molecule is N#Cc1ccc(C2(NC(=O)N3CCn4nc(-c5ccc(F)c(Cl)c5)c(C(N)=O)c4C3)CC(F)(F)C2)cc1. The van der Waals surface area contributed by atoms with Gasteiger partial charge < -0.3 is 16.0 Å². The number of primary amides is 1. The van der Waals surface area contributed by atoms with E-state index in [-0.39, 0.29) is 35.9 Å². The van der Waals surface area contributed by atoms with Crippen LogP contribution in [0.1, 0.15) is 40.0 Å². The Morgan fingerprint density at radius 3 is 2.43 bits per heavy atom. The summed E-state index contributed by atoms with van der Waals surface area (Å²) in [5.41, 5.74) is 6.23. The van der Waals surface area contributed by atoms with Gasteiger partial charge in [-0.3, -0.25) is 9.48 Å². The number of nitriles is 1. The molecule has 3 amide bonds. The van der Waals surface area contributed by atoms with Gasteiger partial charge in [0.15, 0.2) is 0 Å². The highest BCUT2D eigenvalue weighted by Gasteiger charge is 2.58. The predicted octanol–water partition coefficient (Wildman–Crippen LogP) is 4.16. The van der Waals surface area contributed by atoms with Crippen molar-refractivity contribution >= 4 is 23.5 Å². The minimum absolute atomic E-state index is 0.0497. The smallest absolute Gasteiger partial charge is 0.318 e. The Bertz CT molecular complexity index is 1460. The number of nitrogens with zero attached hydrogens (tertiary/aromatic N) is 4. The maximum atomic E-state index is 14.0. The summed E-state index contributed by atoms with van der Waals surface area (Å²) in [7, 11) is 0. The van der Waals surface area contributed by atoms with Crippen molar-refractivity contribution in [2.45, 2.75) is 37.4 Å². The maximum Gasteiger partial charge on any atom is 0.318 e. The Balaban J connectivity index is 1.42. The average Bonchev–Trinajstić information content (AvgIpc) is 3.23. The number of hydrogen-bond donors (Lipinski definition) is 2. The number of benzene rings is 2. The van der Waals surface area contributed by atoms with E-state index < -0.39 is 42.1 Å². The van der Waals surface area contributed by atoms with Gasteiger partial charge in [0, 0.05) is 24.9 Å². The first-order chi connectivity index (χ1) is 17.5. The lowest BCUT2D eigenvalue weighted by atomic mass is 9.69. The second-order valence-electron chi connectivity index (χ2n) is 9.22. The van der Waals surface area contributed by atoms with Crippen molar-refractivity contribution in [3.8, 4) is 17.3 Å². The number of hydrogen-bond acceptors (Lipinski definition) is 4. The first kappa shape index (κ1) is 24.6. The predicted molar refractivity (Wildman–Crippen MR) is 127 cm³/mol. The fraction of sp³-hybridized carbons (Fsp3) is 0.280. The number of aromatic nitrogens is 2. The Hall–Kier alpha value is -4.04. The molecule has 0 radical (unpaired) electrons. The molecule has 0 spiro atoms. The van der Waals surface area contributed by atoms with E-state index in [1.165, 1.54) is 29.2 Å². The van der Waals surface area contributed by atoms with Crippen LogP contribution in [0.25, 0.3) is 11.3 Å². The topological polar surface area (TPSA) is 117 Å². The van der Waals surface area contributed by atoms with E-state index in [4.69, 9.17) is 22.6 Å². The molecular formula is C25H20ClF3N6O2. The lowest BCUT2D eigenvalue weighted by Crippen LogP contribution is -2.62. The molecule has 0 bridgehead atoms. The summed E-state index contributed by atoms with van der Waals surface area (Å²) in [6.45, 7) is 0.367. The highest BCUT2D eigenvalue weighted by Crippen LogP contribution is 2.51. The molecule has 1 aliphatic carbocycles. The number of fused-ring (bicyclic) bond motifs is 1. The molecule has 1 saturated carbocycles. The van der Waals surface area contributed by atoms with Crippen LogP contribution in [0, 0.1) is 17.1 Å². The molecule has 1 aromatic heterocycles. The van der Waals surface area contributed by atoms with E-state index >= 15 is 0 Å². The number of carbonyl (C=O) groups excluding carboxylic acids is 2. The number of nitrogens with two attached hydrogens (primary N) is 1. The summed E-state index contributed by atoms with van der Waals surface area (Å²) < 4.78 is 43.2. The number of alkyl halides is 2. The highest BCUT2D eigenvalue weighted by molar-refractivity contribution is 6.31. The number of amides is 3. The van der Waals surface area contributed by atoms with Gasteiger partial charge in [0.1, 0.15) is 11.5 Å². The first-order valence-corrected chi connectivity index (χ1v) is 11.7. The molecule has 1 aliphatic heterocycles. The Kier molecular flexibility index (Phi) is 5.87. The lowest BCUT2D eigenvalue weighted by Gasteiger charge is -2.49. The van der Waals surface area contributed by atoms with Crippen LogP contribution in [-0.2, 0) is 18.6 Å². The van der Waals surface area contributed by atoms with Crippen LogP contribution in [0.15, 0.2) is 42.5 Å². The van der Waals surface area contributed by atoms with Crippen molar-refractivity contribution < 1.29 is 22.8 Å². The monoisotopic (exact) mass is 528 g/mol. The summed E-state index contributed by atoms with van der Waals surface area (Å²) in [5.74, 6) is -4.35. The number of nitrogens with one attached hydrogen (secondary N) is 1. The van der Waals surface area contributed by atoms with Crippen molar-refractivity contribution in [2.75, 3.05) is 6.54 Å². The van der Waals surface area contributed by atoms with Crippen molar-refractivity contribution in [1.82, 2.24) is 20.0 Å². The average molecular weight is 529 g/mol. The molecule has 2 heterocycles. The van der Waals surface area contributed by atoms with Gasteiger partial charge in [-0.2, -0.15) is 10.4 Å². The van der Waals surface area contributed by atoms with Gasteiger partial charge in [-0.1, -0.05) is 23.7 Å². The molecule has 8 nitrogen and oxygen atoms in total. The molecular weight excluding hydrogens is 509 g/mol. The van der Waals surface area contributed by atoms with Crippen LogP contribution >= 0.6 is 11.6 Å². The molecule has 0 atom stereocenters. The van der Waals surface area contributed by atoms with Gasteiger partial charge in [-0.25, -0.2) is 18.0 Å². The Morgan fingerprint density at radius 2 is 1.84 bits per heavy atom. The van der Waals surface area contributed by atoms with Crippen molar-refractivity contribution in [2.24, 2.45) is 5.73 Å². The molecule has 190 valence electrons. The summed E-state index contributed by atoms with van der Waals surface area (Å²) in [6.07, 6.45) is -1.16. The minimum atomic E-state index is -2.94. The highest BCUT2D eigenvalue weighted by atomic mass is 35.5. The molecule has 1 fully saturated rings. The van der Waals surface area contributed by atoms with E-state index in [0.717, 1.165) is 6.07 Å². The zero-order valence-electron chi connectivity index (χ0n) is 19.3. The van der Waals surface area contributed by atoms with Gasteiger partial charge in [0.25, 0.3) is 11.8 Å². The second-order valence-corrected chi connectivity index (χ2v) is 9.63. The molecule has 0 saturated heterocycles. The normalized spacial score (nSPS) is 17.3. The molecule has 2 aliphatic rings. The summed E-state index contributed by atoms with van der Waals surface area (Å²) in [6, 6.07) is 11.4. The van der Waals surface area contributed by atoms with E-state index in [0.29, 0.717) is 22.4 Å². The van der Waals surface area contributed by atoms with E-state index in [2.05, 4.69) is 10.4 Å². The molecule has 3 N–H and O–H groups in total. The first-order valence-electron chi connectivity index (χ1n) is 11.3. The van der Waals surface area contributed by atoms with Crippen LogP contribution < -0.4 is 11.1 Å². The molecule has 0 unspecified atom stereocenters. The quantitative estimate of drug-likeness (QED) is 0.528. The van der Waals surface area contributed by atoms with E-state index in [9.17, 15) is 22.8 Å². The van der Waals surface area contributed by atoms with E-state index in [1.54, 1.807) is 16.8 Å². The third kappa shape index (κ3) is 4.38. The lowest BCUT2D eigenvalue weighted by molar-refractivity contribution is -0.134. The molecule has 3 aromatic rings. The van der Waals surface area contributed by atoms with Crippen molar-refractivity contribution in [3.63, 3.8) is 0 Å². The van der Waals surface area contributed by atoms with Gasteiger partial charge in [0.05, 0.1) is 46.5 Å². The number of halogens is 4. The van der Waals surface area contributed by atoms with Gasteiger partial charge in [-0.05, 0) is 35.9 Å². The second kappa shape index (κ2) is 8.81. The third-order valence-corrected chi connectivity index (χ3v) is 7.03. The minimum Gasteiger partial charge on any atom is -0.365 e. The molecule has 2 aromatic carbocycles. The molecule has 12 heteroatoms. The van der Waals surface area contributed by atoms with Gasteiger partial charge >= 0.3 is 6.03 Å². The standard InChI is InChI=1S/C25H20ClF3N6O2/c26-17-9-15(3-6-18(17)27)21-20(22(31)36)19-11-34(7-8-35(19)33-21)23(37)32-24(12-25(28,29)13-24)16-4-1-14(10-30)2-5-16/h1-6,9H,7-8,11-13H2,(H2,31,36)(H,32,37). The van der Waals surface area contributed by atoms with Gasteiger partial charge in [-0.15, -0.1) is 0 Å². The van der Waals surface area contributed by atoms with Crippen molar-refractivity contribution in [3.05, 3.63) is 75.7 Å². The Morgan fingerprint density at radius 1 is 1.14 bits per heavy atom. The van der Waals surface area contributed by atoms with Crippen LogP contribution in [-0.4, -0.2) is 39.1 Å². The van der Waals surface area contributed by atoms with Crippen LogP contribution in [0.2, 0.25) is 5.02 Å². The van der Waals surface area contributed by atoms with E-state index in [1.807, 2.05) is 6.07 Å². The summed E-state index contributed by atoms with van der Waals surface area (Å²) >= 11 is 5.90. The zero-order valence-corrected chi connectivity index (χ0v) is 20.0. The molecule has 37 heavy (non-hydrogen) atoms. The van der Waals surface area contributed by atoms with Crippen LogP contribution in [0.4, 0.5) is 18.0 Å². The number of urea groups is 1. The zero-order chi connectivity index (χ0) is 26.5. The van der Waals surface area contributed by atoms with Crippen molar-refractivity contribution in [1.29, 1.82) is 5.26 Å². The fourth-order valence-corrected chi connectivity index (χ4v) is 5.12. The summed E-state index contributed by atoms with van der Waals surface area (Å²) in [5, 5.41) is 16.1. The maximum absolute atomic E-state index is 14.0.